The van der Waals surface area contributed by atoms with E-state index in [2.05, 4.69) is 29.1 Å². The molecule has 1 heterocycles. The summed E-state index contributed by atoms with van der Waals surface area (Å²) in [6.45, 7) is 11.5. The Morgan fingerprint density at radius 3 is 2.77 bits per heavy atom. The molecule has 2 atom stereocenters. The summed E-state index contributed by atoms with van der Waals surface area (Å²) in [6, 6.07) is 6.68. The third kappa shape index (κ3) is 5.80. The molecule has 3 N–H and O–H groups in total. The number of aliphatic imine (C=N–C) groups is 1. The number of nitrogens with one attached hydrogen (secondary N) is 1. The second-order valence-corrected chi connectivity index (χ2v) is 6.81. The van der Waals surface area contributed by atoms with Crippen molar-refractivity contribution in [1.29, 1.82) is 0 Å². The van der Waals surface area contributed by atoms with Gasteiger partial charge in [0.2, 0.25) is 0 Å². The zero-order valence-electron chi connectivity index (χ0n) is 16.6. The Balaban J connectivity index is 2.01. The molecule has 1 aliphatic heterocycles. The van der Waals surface area contributed by atoms with Crippen LogP contribution in [0.5, 0.6) is 11.5 Å². The van der Waals surface area contributed by atoms with Crippen LogP contribution in [-0.4, -0.2) is 49.2 Å². The van der Waals surface area contributed by atoms with Crippen molar-refractivity contribution in [2.75, 3.05) is 31.6 Å². The maximum Gasteiger partial charge on any atom is 0.193 e. The highest BCUT2D eigenvalue weighted by Gasteiger charge is 2.22. The van der Waals surface area contributed by atoms with Crippen LogP contribution in [0.25, 0.3) is 0 Å². The van der Waals surface area contributed by atoms with E-state index >= 15 is 0 Å². The lowest BCUT2D eigenvalue weighted by atomic mass is 10.0. The largest absolute Gasteiger partial charge is 0.494 e. The molecule has 26 heavy (non-hydrogen) atoms. The van der Waals surface area contributed by atoms with E-state index in [9.17, 15) is 0 Å². The molecule has 146 valence electrons. The molecule has 6 heteroatoms. The first-order chi connectivity index (χ1) is 12.5. The van der Waals surface area contributed by atoms with Crippen molar-refractivity contribution < 1.29 is 9.47 Å². The Labute approximate surface area is 157 Å². The van der Waals surface area contributed by atoms with Crippen LogP contribution in [0.3, 0.4) is 0 Å². The number of anilines is 1. The highest BCUT2D eigenvalue weighted by Crippen LogP contribution is 2.29. The average molecular weight is 363 g/mol. The van der Waals surface area contributed by atoms with Gasteiger partial charge in [-0.2, -0.15) is 0 Å². The Morgan fingerprint density at radius 1 is 1.31 bits per heavy atom. The minimum atomic E-state index is 0.381. The zero-order valence-corrected chi connectivity index (χ0v) is 16.6. The summed E-state index contributed by atoms with van der Waals surface area (Å²) in [6.07, 6.45) is 3.87. The van der Waals surface area contributed by atoms with E-state index in [0.29, 0.717) is 37.8 Å². The molecule has 0 aromatic heterocycles. The van der Waals surface area contributed by atoms with Crippen LogP contribution in [-0.2, 0) is 0 Å². The third-order valence-corrected chi connectivity index (χ3v) is 4.77. The van der Waals surface area contributed by atoms with E-state index in [1.54, 1.807) is 0 Å². The second-order valence-electron chi connectivity index (χ2n) is 6.81. The van der Waals surface area contributed by atoms with Crippen LogP contribution in [0.1, 0.15) is 47.0 Å². The fourth-order valence-corrected chi connectivity index (χ4v) is 3.43. The topological polar surface area (TPSA) is 72.1 Å². The smallest absolute Gasteiger partial charge is 0.193 e. The number of guanidine groups is 1. The Kier molecular flexibility index (Phi) is 8.04. The molecule has 1 aromatic carbocycles. The highest BCUT2D eigenvalue weighted by molar-refractivity contribution is 5.94. The quantitative estimate of drug-likeness (QED) is 0.547. The maximum atomic E-state index is 6.13. The van der Waals surface area contributed by atoms with E-state index in [1.165, 1.54) is 19.3 Å². The molecule has 0 radical (unpaired) electrons. The van der Waals surface area contributed by atoms with Crippen molar-refractivity contribution in [3.05, 3.63) is 18.2 Å². The monoisotopic (exact) mass is 362 g/mol. The van der Waals surface area contributed by atoms with Crippen molar-refractivity contribution in [3.8, 4) is 11.5 Å². The van der Waals surface area contributed by atoms with E-state index in [1.807, 2.05) is 32.0 Å². The standard InChI is InChI=1S/C20H34N4O2/c1-5-25-17-10-11-19(26-6-2)18(13-17)23-20(21)22-14-16(4)24-12-8-7-9-15(24)3/h10-11,13,15-16H,5-9,12,14H2,1-4H3,(H3,21,22,23). The lowest BCUT2D eigenvalue weighted by Crippen LogP contribution is -2.45. The molecule has 2 unspecified atom stereocenters. The molecule has 1 aromatic rings. The van der Waals surface area contributed by atoms with Gasteiger partial charge >= 0.3 is 0 Å². The normalized spacial score (nSPS) is 19.8. The second kappa shape index (κ2) is 10.3. The molecular weight excluding hydrogens is 328 g/mol. The molecule has 1 saturated heterocycles. The summed E-state index contributed by atoms with van der Waals surface area (Å²) in [5.41, 5.74) is 6.91. The molecule has 0 aliphatic carbocycles. The summed E-state index contributed by atoms with van der Waals surface area (Å²) in [7, 11) is 0. The summed E-state index contributed by atoms with van der Waals surface area (Å²) in [5, 5.41) is 3.17. The summed E-state index contributed by atoms with van der Waals surface area (Å²) >= 11 is 0. The molecule has 6 nitrogen and oxygen atoms in total. The number of benzene rings is 1. The number of hydrogen-bond acceptors (Lipinski definition) is 4. The predicted molar refractivity (Wildman–Crippen MR) is 108 cm³/mol. The summed E-state index contributed by atoms with van der Waals surface area (Å²) in [5.74, 6) is 1.92. The number of nitrogens with two attached hydrogens (primary N) is 1. The molecule has 0 amide bonds. The molecule has 2 rings (SSSR count). The Hall–Kier alpha value is -1.95. The number of nitrogens with zero attached hydrogens (tertiary/aromatic N) is 2. The van der Waals surface area contributed by atoms with Gasteiger partial charge in [-0.05, 0) is 59.2 Å². The van der Waals surface area contributed by atoms with Crippen molar-refractivity contribution >= 4 is 11.6 Å². The van der Waals surface area contributed by atoms with Gasteiger partial charge in [-0.3, -0.25) is 9.89 Å². The third-order valence-electron chi connectivity index (χ3n) is 4.77. The van der Waals surface area contributed by atoms with Gasteiger partial charge in [0, 0.05) is 18.2 Å². The Morgan fingerprint density at radius 2 is 2.08 bits per heavy atom. The van der Waals surface area contributed by atoms with Gasteiger partial charge in [0.25, 0.3) is 0 Å². The summed E-state index contributed by atoms with van der Waals surface area (Å²) in [4.78, 5) is 7.08. The lowest BCUT2D eigenvalue weighted by Gasteiger charge is -2.37. The number of piperidine rings is 1. The van der Waals surface area contributed by atoms with Gasteiger partial charge in [-0.1, -0.05) is 6.42 Å². The Bertz CT molecular complexity index is 591. The van der Waals surface area contributed by atoms with Gasteiger partial charge in [0.1, 0.15) is 11.5 Å². The highest BCUT2D eigenvalue weighted by atomic mass is 16.5. The fourth-order valence-electron chi connectivity index (χ4n) is 3.43. The van der Waals surface area contributed by atoms with E-state index in [0.717, 1.165) is 23.7 Å². The molecule has 0 saturated carbocycles. The van der Waals surface area contributed by atoms with Gasteiger partial charge in [0.15, 0.2) is 5.96 Å². The average Bonchev–Trinajstić information content (AvgIpc) is 2.62. The number of rotatable bonds is 8. The van der Waals surface area contributed by atoms with Crippen LogP contribution in [0.15, 0.2) is 23.2 Å². The molecule has 0 bridgehead atoms. The molecule has 0 spiro atoms. The van der Waals surface area contributed by atoms with E-state index < -0.39 is 0 Å². The number of hydrogen-bond donors (Lipinski definition) is 2. The number of ether oxygens (including phenoxy) is 2. The molecular formula is C20H34N4O2. The predicted octanol–water partition coefficient (Wildman–Crippen LogP) is 3.47. The van der Waals surface area contributed by atoms with Crippen molar-refractivity contribution in [3.63, 3.8) is 0 Å². The maximum absolute atomic E-state index is 6.13. The first-order valence-electron chi connectivity index (χ1n) is 9.77. The van der Waals surface area contributed by atoms with Gasteiger partial charge in [-0.25, -0.2) is 0 Å². The van der Waals surface area contributed by atoms with Gasteiger partial charge < -0.3 is 20.5 Å². The van der Waals surface area contributed by atoms with Gasteiger partial charge in [0.05, 0.1) is 25.4 Å². The summed E-state index contributed by atoms with van der Waals surface area (Å²) < 4.78 is 11.2. The lowest BCUT2D eigenvalue weighted by molar-refractivity contribution is 0.118. The van der Waals surface area contributed by atoms with Crippen LogP contribution >= 0.6 is 0 Å². The zero-order chi connectivity index (χ0) is 18.9. The number of likely N-dealkylation sites (tertiary alicyclic amines) is 1. The van der Waals surface area contributed by atoms with E-state index in [-0.39, 0.29) is 0 Å². The molecule has 1 fully saturated rings. The van der Waals surface area contributed by atoms with Crippen LogP contribution in [0.4, 0.5) is 5.69 Å². The minimum absolute atomic E-state index is 0.381. The fraction of sp³-hybridized carbons (Fsp3) is 0.650. The first kappa shape index (κ1) is 20.4. The van der Waals surface area contributed by atoms with Crippen LogP contribution < -0.4 is 20.5 Å². The SMILES string of the molecule is CCOc1ccc(OCC)c(NC(N)=NCC(C)N2CCCCC2C)c1. The van der Waals surface area contributed by atoms with Crippen LogP contribution in [0.2, 0.25) is 0 Å². The van der Waals surface area contributed by atoms with Crippen LogP contribution in [0, 0.1) is 0 Å². The van der Waals surface area contributed by atoms with Crippen molar-refractivity contribution in [2.24, 2.45) is 10.7 Å². The van der Waals surface area contributed by atoms with Crippen molar-refractivity contribution in [2.45, 2.75) is 59.0 Å². The molecule has 1 aliphatic rings. The van der Waals surface area contributed by atoms with Gasteiger partial charge in [-0.15, -0.1) is 0 Å². The first-order valence-corrected chi connectivity index (χ1v) is 9.77. The van der Waals surface area contributed by atoms with Crippen molar-refractivity contribution in [1.82, 2.24) is 4.90 Å². The van der Waals surface area contributed by atoms with E-state index in [4.69, 9.17) is 15.2 Å². The minimum Gasteiger partial charge on any atom is -0.494 e.